The Balaban J connectivity index is 2.03. The quantitative estimate of drug-likeness (QED) is 0.496. The molecule has 0 atom stereocenters. The highest BCUT2D eigenvalue weighted by Gasteiger charge is 2.37. The summed E-state index contributed by atoms with van der Waals surface area (Å²) in [5.74, 6) is 0. The van der Waals surface area contributed by atoms with Gasteiger partial charge in [-0.15, -0.1) is 0 Å². The van der Waals surface area contributed by atoms with E-state index >= 15 is 0 Å². The van der Waals surface area contributed by atoms with Gasteiger partial charge in [0.1, 0.15) is 20.0 Å². The van der Waals surface area contributed by atoms with Crippen molar-refractivity contribution in [3.05, 3.63) is 60.6 Å². The molecule has 4 rings (SSSR count). The molecule has 0 N–H and O–H groups in total. The van der Waals surface area contributed by atoms with Crippen LogP contribution in [-0.2, 0) is 7.05 Å². The van der Waals surface area contributed by atoms with E-state index in [-0.39, 0.29) is 0 Å². The second kappa shape index (κ2) is 5.57. The SMILES string of the molecule is Cc1ccc2c(c1-c1ccnc[n+]1C)Sc1ccccc1[Si]2(C)C. The maximum atomic E-state index is 4.24. The van der Waals surface area contributed by atoms with Crippen molar-refractivity contribution in [1.29, 1.82) is 0 Å². The first kappa shape index (κ1) is 15.6. The van der Waals surface area contributed by atoms with Crippen molar-refractivity contribution in [2.24, 2.45) is 7.05 Å². The lowest BCUT2D eigenvalue weighted by Crippen LogP contribution is -2.56. The molecule has 2 nitrogen and oxygen atoms in total. The summed E-state index contributed by atoms with van der Waals surface area (Å²) in [6.07, 6.45) is 3.77. The highest BCUT2D eigenvalue weighted by molar-refractivity contribution is 8.00. The number of nitrogens with zero attached hydrogens (tertiary/aromatic N) is 2. The van der Waals surface area contributed by atoms with Gasteiger partial charge in [-0.3, -0.25) is 0 Å². The number of rotatable bonds is 1. The summed E-state index contributed by atoms with van der Waals surface area (Å²) in [7, 11) is 0.392. The number of aromatic nitrogens is 2. The Labute approximate surface area is 148 Å². The van der Waals surface area contributed by atoms with Crippen molar-refractivity contribution >= 4 is 30.2 Å². The molecule has 1 aliphatic heterocycles. The van der Waals surface area contributed by atoms with Gasteiger partial charge in [-0.05, 0) is 28.9 Å². The normalized spacial score (nSPS) is 14.8. The number of hydrogen-bond acceptors (Lipinski definition) is 2. The van der Waals surface area contributed by atoms with Gasteiger partial charge in [0.15, 0.2) is 0 Å². The van der Waals surface area contributed by atoms with Crippen LogP contribution in [0.2, 0.25) is 13.1 Å². The van der Waals surface area contributed by atoms with Crippen LogP contribution in [0.5, 0.6) is 0 Å². The lowest BCUT2D eigenvalue weighted by molar-refractivity contribution is -0.663. The fourth-order valence-corrected chi connectivity index (χ4v) is 9.24. The molecule has 1 aromatic heterocycles. The number of aryl methyl sites for hydroxylation is 2. The first-order valence-electron chi connectivity index (χ1n) is 8.21. The number of benzene rings is 2. The van der Waals surface area contributed by atoms with Crippen molar-refractivity contribution < 1.29 is 4.57 Å². The molecule has 3 aromatic rings. The van der Waals surface area contributed by atoms with Crippen molar-refractivity contribution in [3.8, 4) is 11.3 Å². The second-order valence-corrected chi connectivity index (χ2v) is 12.3. The van der Waals surface area contributed by atoms with Crippen LogP contribution in [0.1, 0.15) is 5.56 Å². The summed E-state index contributed by atoms with van der Waals surface area (Å²) in [5, 5.41) is 3.10. The van der Waals surface area contributed by atoms with Gasteiger partial charge < -0.3 is 0 Å². The van der Waals surface area contributed by atoms with Gasteiger partial charge >= 0.3 is 0 Å². The van der Waals surface area contributed by atoms with Crippen LogP contribution in [0.15, 0.2) is 64.8 Å². The molecular weight excluding hydrogens is 328 g/mol. The van der Waals surface area contributed by atoms with Crippen LogP contribution >= 0.6 is 11.8 Å². The molecule has 0 spiro atoms. The van der Waals surface area contributed by atoms with Gasteiger partial charge in [0.25, 0.3) is 6.33 Å². The predicted molar refractivity (Wildman–Crippen MR) is 103 cm³/mol. The lowest BCUT2D eigenvalue weighted by atomic mass is 10.1. The topological polar surface area (TPSA) is 16.8 Å². The summed E-state index contributed by atoms with van der Waals surface area (Å²) in [6.45, 7) is 7.15. The fourth-order valence-electron chi connectivity index (χ4n) is 3.62. The smallest absolute Gasteiger partial charge is 0.232 e. The van der Waals surface area contributed by atoms with E-state index < -0.39 is 8.07 Å². The minimum Gasteiger partial charge on any atom is -0.232 e. The van der Waals surface area contributed by atoms with Gasteiger partial charge in [-0.2, -0.15) is 0 Å². The minimum absolute atomic E-state index is 1.23. The molecule has 0 saturated heterocycles. The molecule has 0 unspecified atom stereocenters. The van der Waals surface area contributed by atoms with Crippen LogP contribution < -0.4 is 14.9 Å². The molecule has 4 heteroatoms. The molecular formula is C20H21N2SSi+. The predicted octanol–water partition coefficient (Wildman–Crippen LogP) is 3.17. The van der Waals surface area contributed by atoms with Crippen LogP contribution in [0, 0.1) is 6.92 Å². The molecule has 120 valence electrons. The van der Waals surface area contributed by atoms with Crippen LogP contribution in [0.4, 0.5) is 0 Å². The third kappa shape index (κ3) is 2.25. The van der Waals surface area contributed by atoms with Gasteiger partial charge in [0, 0.05) is 21.4 Å². The highest BCUT2D eigenvalue weighted by atomic mass is 32.2. The zero-order valence-corrected chi connectivity index (χ0v) is 16.3. The molecule has 0 fully saturated rings. The summed E-state index contributed by atoms with van der Waals surface area (Å²) in [5.41, 5.74) is 3.92. The molecule has 24 heavy (non-hydrogen) atoms. The Bertz CT molecular complexity index is 950. The molecule has 0 radical (unpaired) electrons. The second-order valence-electron chi connectivity index (χ2n) is 6.93. The standard InChI is InChI=1S/C20H21N2SSi/c1-14-9-10-18-20(19(14)15-11-12-21-13-22(15)2)23-16-7-5-6-8-17(16)24(18,3)4/h5-13H,1-4H3/q+1. The number of fused-ring (bicyclic) bond motifs is 2. The lowest BCUT2D eigenvalue weighted by Gasteiger charge is -2.34. The average Bonchev–Trinajstić information content (AvgIpc) is 2.56. The fraction of sp³-hybridized carbons (Fsp3) is 0.200. The summed E-state index contributed by atoms with van der Waals surface area (Å²) < 4.78 is 2.12. The van der Waals surface area contributed by atoms with Gasteiger partial charge in [0.05, 0.1) is 7.05 Å². The van der Waals surface area contributed by atoms with Crippen molar-refractivity contribution in [2.45, 2.75) is 29.8 Å². The third-order valence-electron chi connectivity index (χ3n) is 5.01. The van der Waals surface area contributed by atoms with Crippen molar-refractivity contribution in [2.75, 3.05) is 0 Å². The first-order chi connectivity index (χ1) is 11.5. The van der Waals surface area contributed by atoms with Gasteiger partial charge in [0.2, 0.25) is 0 Å². The zero-order valence-electron chi connectivity index (χ0n) is 14.5. The van der Waals surface area contributed by atoms with E-state index in [1.165, 1.54) is 26.6 Å². The maximum absolute atomic E-state index is 4.24. The van der Waals surface area contributed by atoms with E-state index in [0.717, 1.165) is 0 Å². The largest absolute Gasteiger partial charge is 0.286 e. The highest BCUT2D eigenvalue weighted by Crippen LogP contribution is 2.39. The molecule has 2 aromatic carbocycles. The Kier molecular flexibility index (Phi) is 3.62. The van der Waals surface area contributed by atoms with E-state index in [1.807, 2.05) is 24.3 Å². The van der Waals surface area contributed by atoms with Crippen LogP contribution in [-0.4, -0.2) is 13.1 Å². The van der Waals surface area contributed by atoms with E-state index in [1.54, 1.807) is 10.4 Å². The number of hydrogen-bond donors (Lipinski definition) is 0. The Morgan fingerprint density at radius 3 is 2.58 bits per heavy atom. The molecule has 0 amide bonds. The van der Waals surface area contributed by atoms with Crippen LogP contribution in [0.3, 0.4) is 0 Å². The third-order valence-corrected chi connectivity index (χ3v) is 10.1. The molecule has 0 aliphatic carbocycles. The summed E-state index contributed by atoms with van der Waals surface area (Å²) >= 11 is 1.93. The Hall–Kier alpha value is -1.91. The summed E-state index contributed by atoms with van der Waals surface area (Å²) in [6, 6.07) is 15.7. The van der Waals surface area contributed by atoms with Gasteiger partial charge in [-0.1, -0.05) is 60.2 Å². The van der Waals surface area contributed by atoms with Crippen molar-refractivity contribution in [3.63, 3.8) is 0 Å². The summed E-state index contributed by atoms with van der Waals surface area (Å²) in [4.78, 5) is 7.10. The van der Waals surface area contributed by atoms with Crippen molar-refractivity contribution in [1.82, 2.24) is 4.98 Å². The van der Waals surface area contributed by atoms with Gasteiger partial charge in [-0.25, -0.2) is 4.57 Å². The van der Waals surface area contributed by atoms with E-state index in [0.29, 0.717) is 0 Å². The first-order valence-corrected chi connectivity index (χ1v) is 12.0. The Morgan fingerprint density at radius 1 is 1.00 bits per heavy atom. The monoisotopic (exact) mass is 349 g/mol. The molecule has 2 heterocycles. The van der Waals surface area contributed by atoms with E-state index in [9.17, 15) is 0 Å². The minimum atomic E-state index is -1.68. The average molecular weight is 350 g/mol. The molecule has 1 aliphatic rings. The maximum Gasteiger partial charge on any atom is 0.286 e. The molecule has 0 saturated carbocycles. The Morgan fingerprint density at radius 2 is 1.79 bits per heavy atom. The molecule has 0 bridgehead atoms. The van der Waals surface area contributed by atoms with E-state index in [4.69, 9.17) is 0 Å². The van der Waals surface area contributed by atoms with Crippen LogP contribution in [0.25, 0.3) is 11.3 Å². The zero-order chi connectivity index (χ0) is 16.9. The van der Waals surface area contributed by atoms with E-state index in [2.05, 4.69) is 79.1 Å².